The van der Waals surface area contributed by atoms with Crippen molar-refractivity contribution >= 4 is 17.6 Å². The highest BCUT2D eigenvalue weighted by molar-refractivity contribution is 5.92. The van der Waals surface area contributed by atoms with Gasteiger partial charge in [-0.25, -0.2) is 4.79 Å². The first-order valence-electron chi connectivity index (χ1n) is 6.34. The van der Waals surface area contributed by atoms with Crippen molar-refractivity contribution in [3.05, 3.63) is 47.8 Å². The number of carboxylic acid groups (broad SMARTS) is 1. The Morgan fingerprint density at radius 1 is 1.33 bits per heavy atom. The highest BCUT2D eigenvalue weighted by Crippen LogP contribution is 2.21. The van der Waals surface area contributed by atoms with Crippen LogP contribution in [-0.2, 0) is 11.3 Å². The molecule has 0 aliphatic carbocycles. The summed E-state index contributed by atoms with van der Waals surface area (Å²) in [5.74, 6) is -0.639. The van der Waals surface area contributed by atoms with Crippen LogP contribution in [0.5, 0.6) is 5.75 Å². The molecule has 6 heteroatoms. The average Bonchev–Trinajstić information content (AvgIpc) is 2.89. The van der Waals surface area contributed by atoms with E-state index in [0.29, 0.717) is 11.4 Å². The van der Waals surface area contributed by atoms with E-state index in [4.69, 9.17) is 9.84 Å². The van der Waals surface area contributed by atoms with E-state index in [1.54, 1.807) is 31.5 Å². The second kappa shape index (κ2) is 6.13. The third kappa shape index (κ3) is 3.42. The number of aromatic nitrogens is 1. The topological polar surface area (TPSA) is 80.6 Å². The van der Waals surface area contributed by atoms with E-state index >= 15 is 0 Å². The van der Waals surface area contributed by atoms with Gasteiger partial charge in [-0.2, -0.15) is 0 Å². The smallest absolute Gasteiger partial charge is 0.352 e. The summed E-state index contributed by atoms with van der Waals surface area (Å²) in [6, 6.07) is 8.36. The molecule has 0 fully saturated rings. The van der Waals surface area contributed by atoms with Crippen molar-refractivity contribution in [3.63, 3.8) is 0 Å². The molecule has 0 aliphatic rings. The van der Waals surface area contributed by atoms with E-state index in [1.807, 2.05) is 13.0 Å². The molecule has 6 nitrogen and oxygen atoms in total. The van der Waals surface area contributed by atoms with E-state index in [-0.39, 0.29) is 18.1 Å². The molecule has 1 amide bonds. The van der Waals surface area contributed by atoms with Crippen LogP contribution in [0.15, 0.2) is 36.5 Å². The standard InChI is InChI=1S/C15H16N2O4/c1-10-8-11(21-2)5-6-12(10)16-14(18)9-17-7-3-4-13(17)15(19)20/h3-8H,9H2,1-2H3,(H,16,18)(H,19,20). The Hall–Kier alpha value is -2.76. The highest BCUT2D eigenvalue weighted by atomic mass is 16.5. The summed E-state index contributed by atoms with van der Waals surface area (Å²) in [4.78, 5) is 23.0. The number of carboxylic acids is 1. The first-order valence-corrected chi connectivity index (χ1v) is 6.34. The minimum Gasteiger partial charge on any atom is -0.497 e. The summed E-state index contributed by atoms with van der Waals surface area (Å²) in [5.41, 5.74) is 1.62. The SMILES string of the molecule is COc1ccc(NC(=O)Cn2cccc2C(=O)O)c(C)c1. The van der Waals surface area contributed by atoms with Crippen LogP contribution in [0.1, 0.15) is 16.1 Å². The number of nitrogens with zero attached hydrogens (tertiary/aromatic N) is 1. The van der Waals surface area contributed by atoms with Gasteiger partial charge in [0.15, 0.2) is 0 Å². The third-order valence-electron chi connectivity index (χ3n) is 3.07. The van der Waals surface area contributed by atoms with Gasteiger partial charge in [0.2, 0.25) is 5.91 Å². The number of methoxy groups -OCH3 is 1. The number of amides is 1. The van der Waals surface area contributed by atoms with Gasteiger partial charge in [-0.3, -0.25) is 4.79 Å². The Morgan fingerprint density at radius 2 is 2.10 bits per heavy atom. The summed E-state index contributed by atoms with van der Waals surface area (Å²) in [6.07, 6.45) is 1.56. The van der Waals surface area contributed by atoms with Crippen LogP contribution in [-0.4, -0.2) is 28.7 Å². The number of anilines is 1. The molecule has 0 bridgehead atoms. The van der Waals surface area contributed by atoms with Crippen LogP contribution in [0.25, 0.3) is 0 Å². The molecule has 0 spiro atoms. The number of hydrogen-bond donors (Lipinski definition) is 2. The molecule has 0 atom stereocenters. The largest absolute Gasteiger partial charge is 0.497 e. The summed E-state index contributed by atoms with van der Waals surface area (Å²) in [7, 11) is 1.58. The average molecular weight is 288 g/mol. The van der Waals surface area contributed by atoms with Crippen LogP contribution in [0.3, 0.4) is 0 Å². The summed E-state index contributed by atoms with van der Waals surface area (Å²) in [6.45, 7) is 1.80. The molecule has 2 aromatic rings. The van der Waals surface area contributed by atoms with E-state index in [9.17, 15) is 9.59 Å². The molecule has 1 heterocycles. The molecule has 2 N–H and O–H groups in total. The fraction of sp³-hybridized carbons (Fsp3) is 0.200. The van der Waals surface area contributed by atoms with Gasteiger partial charge in [0.05, 0.1) is 7.11 Å². The van der Waals surface area contributed by atoms with E-state index < -0.39 is 5.97 Å². The second-order valence-corrected chi connectivity index (χ2v) is 4.56. The zero-order chi connectivity index (χ0) is 15.4. The van der Waals surface area contributed by atoms with Gasteiger partial charge in [-0.05, 0) is 42.8 Å². The van der Waals surface area contributed by atoms with Crippen molar-refractivity contribution in [1.29, 1.82) is 0 Å². The molecule has 21 heavy (non-hydrogen) atoms. The lowest BCUT2D eigenvalue weighted by molar-refractivity contribution is -0.116. The monoisotopic (exact) mass is 288 g/mol. The summed E-state index contributed by atoms with van der Waals surface area (Å²) >= 11 is 0. The van der Waals surface area contributed by atoms with E-state index in [1.165, 1.54) is 10.6 Å². The number of aryl methyl sites for hydroxylation is 1. The van der Waals surface area contributed by atoms with Crippen LogP contribution < -0.4 is 10.1 Å². The van der Waals surface area contributed by atoms with Crippen LogP contribution in [0, 0.1) is 6.92 Å². The lowest BCUT2D eigenvalue weighted by atomic mass is 10.2. The highest BCUT2D eigenvalue weighted by Gasteiger charge is 2.12. The van der Waals surface area contributed by atoms with Gasteiger partial charge in [-0.15, -0.1) is 0 Å². The van der Waals surface area contributed by atoms with Crippen molar-refractivity contribution < 1.29 is 19.4 Å². The molecule has 2 rings (SSSR count). The minimum atomic E-state index is -1.06. The quantitative estimate of drug-likeness (QED) is 0.883. The minimum absolute atomic E-state index is 0.0555. The van der Waals surface area contributed by atoms with Crippen molar-refractivity contribution in [2.75, 3.05) is 12.4 Å². The van der Waals surface area contributed by atoms with E-state index in [2.05, 4.69) is 5.32 Å². The molecular weight excluding hydrogens is 272 g/mol. The molecule has 1 aromatic carbocycles. The lowest BCUT2D eigenvalue weighted by Gasteiger charge is -2.11. The Kier molecular flexibility index (Phi) is 4.27. The number of nitrogens with one attached hydrogen (secondary N) is 1. The summed E-state index contributed by atoms with van der Waals surface area (Å²) in [5, 5.41) is 11.8. The predicted molar refractivity (Wildman–Crippen MR) is 77.8 cm³/mol. The van der Waals surface area contributed by atoms with E-state index in [0.717, 1.165) is 5.56 Å². The molecule has 0 aliphatic heterocycles. The van der Waals surface area contributed by atoms with Gasteiger partial charge in [0, 0.05) is 11.9 Å². The number of benzene rings is 1. The Morgan fingerprint density at radius 3 is 2.71 bits per heavy atom. The first kappa shape index (κ1) is 14.6. The Labute approximate surface area is 122 Å². The molecular formula is C15H16N2O4. The number of aromatic carboxylic acids is 1. The van der Waals surface area contributed by atoms with Crippen molar-refractivity contribution in [3.8, 4) is 5.75 Å². The Balaban J connectivity index is 2.08. The first-order chi connectivity index (χ1) is 10.0. The lowest BCUT2D eigenvalue weighted by Crippen LogP contribution is -2.21. The van der Waals surface area contributed by atoms with Crippen LogP contribution in [0.2, 0.25) is 0 Å². The van der Waals surface area contributed by atoms with Crippen molar-refractivity contribution in [2.45, 2.75) is 13.5 Å². The van der Waals surface area contributed by atoms with Crippen molar-refractivity contribution in [1.82, 2.24) is 4.57 Å². The molecule has 1 aromatic heterocycles. The van der Waals surface area contributed by atoms with Crippen LogP contribution in [0.4, 0.5) is 5.69 Å². The zero-order valence-corrected chi connectivity index (χ0v) is 11.8. The van der Waals surface area contributed by atoms with Gasteiger partial charge in [0.1, 0.15) is 18.0 Å². The number of hydrogen-bond acceptors (Lipinski definition) is 3. The van der Waals surface area contributed by atoms with Crippen LogP contribution >= 0.6 is 0 Å². The van der Waals surface area contributed by atoms with Gasteiger partial charge in [0.25, 0.3) is 0 Å². The third-order valence-corrected chi connectivity index (χ3v) is 3.07. The van der Waals surface area contributed by atoms with Gasteiger partial charge < -0.3 is 19.7 Å². The fourth-order valence-corrected chi connectivity index (χ4v) is 1.99. The molecule has 0 saturated heterocycles. The van der Waals surface area contributed by atoms with Gasteiger partial charge >= 0.3 is 5.97 Å². The zero-order valence-electron chi connectivity index (χ0n) is 11.8. The van der Waals surface area contributed by atoms with Gasteiger partial charge in [-0.1, -0.05) is 0 Å². The number of ether oxygens (including phenoxy) is 1. The normalized spacial score (nSPS) is 10.2. The number of carbonyl (C=O) groups is 2. The molecule has 110 valence electrons. The molecule has 0 radical (unpaired) electrons. The maximum absolute atomic E-state index is 12.0. The second-order valence-electron chi connectivity index (χ2n) is 4.56. The molecule has 0 unspecified atom stereocenters. The van der Waals surface area contributed by atoms with Crippen molar-refractivity contribution in [2.24, 2.45) is 0 Å². The summed E-state index contributed by atoms with van der Waals surface area (Å²) < 4.78 is 6.49. The fourth-order valence-electron chi connectivity index (χ4n) is 1.99. The predicted octanol–water partition coefficient (Wildman–Crippen LogP) is 2.14. The number of rotatable bonds is 5. The maximum atomic E-state index is 12.0. The Bertz CT molecular complexity index is 676. The number of carbonyl (C=O) groups excluding carboxylic acids is 1. The molecule has 0 saturated carbocycles. The maximum Gasteiger partial charge on any atom is 0.352 e.